The zero-order valence-electron chi connectivity index (χ0n) is 25.2. The molecule has 0 unspecified atom stereocenters. The Morgan fingerprint density at radius 1 is 1.12 bits per heavy atom. The lowest BCUT2D eigenvalue weighted by Gasteiger charge is -2.64. The van der Waals surface area contributed by atoms with Crippen LogP contribution in [-0.2, 0) is 33.3 Å². The number of esters is 2. The van der Waals surface area contributed by atoms with Gasteiger partial charge in [0.15, 0.2) is 12.4 Å². The lowest BCUT2D eigenvalue weighted by atomic mass is 9.41. The van der Waals surface area contributed by atoms with E-state index in [0.717, 1.165) is 24.8 Å². The Bertz CT molecular complexity index is 1180. The number of cyclic esters (lactones) is 1. The summed E-state index contributed by atoms with van der Waals surface area (Å²) in [5.74, 6) is -0.844. The molecule has 5 fully saturated rings. The molecule has 10 heteroatoms. The molecule has 42 heavy (non-hydrogen) atoms. The van der Waals surface area contributed by atoms with Gasteiger partial charge in [0.2, 0.25) is 0 Å². The summed E-state index contributed by atoms with van der Waals surface area (Å²) in [5, 5.41) is 35.4. The fourth-order valence-corrected chi connectivity index (χ4v) is 10.3. The summed E-state index contributed by atoms with van der Waals surface area (Å²) in [6.07, 6.45) is 5.16. The maximum absolute atomic E-state index is 12.4. The summed E-state index contributed by atoms with van der Waals surface area (Å²) in [4.78, 5) is 23.4. The van der Waals surface area contributed by atoms with Crippen molar-refractivity contribution in [1.82, 2.24) is 0 Å². The number of aliphatic hydroxyl groups is 2. The average Bonchev–Trinajstić information content (AvgIpc) is 3.48. The molecule has 10 nitrogen and oxygen atoms in total. The Hall–Kier alpha value is -2.03. The molecule has 6 rings (SSSR count). The normalized spacial score (nSPS) is 50.0. The van der Waals surface area contributed by atoms with Crippen molar-refractivity contribution >= 4 is 11.9 Å². The minimum Gasteiger partial charge on any atom is -0.458 e. The minimum absolute atomic E-state index is 0.0761. The third-order valence-electron chi connectivity index (χ3n) is 12.3. The van der Waals surface area contributed by atoms with Gasteiger partial charge in [0.05, 0.1) is 34.9 Å². The molecule has 2 heterocycles. The molecule has 0 spiro atoms. The Kier molecular flexibility index (Phi) is 7.54. The summed E-state index contributed by atoms with van der Waals surface area (Å²) in [7, 11) is 1.58. The summed E-state index contributed by atoms with van der Waals surface area (Å²) < 4.78 is 28.7. The standard InChI is InChI=1S/C32H45NO9/c1-18-28(41-19(2)34)25(38-4)14-27(40-18)42-21-5-10-30(17-33)23-6-9-29(3)22(20-13-26(35)39-16-20)8-12-32(29,37)24(23)7-11-31(30,36)15-21/h13,18,21-25,27-28,36-37H,5-12,14-16H2,1-4H3/t18-,21-,22+,23+,24-,25-,27+,28-,29-,30+,31+,32+/m1/s1. The van der Waals surface area contributed by atoms with Crippen molar-refractivity contribution in [3.05, 3.63) is 11.6 Å². The van der Waals surface area contributed by atoms with Gasteiger partial charge in [-0.25, -0.2) is 4.79 Å². The first-order chi connectivity index (χ1) is 19.9. The van der Waals surface area contributed by atoms with E-state index in [0.29, 0.717) is 51.6 Å². The number of carbonyl (C=O) groups excluding carboxylic acids is 2. The summed E-state index contributed by atoms with van der Waals surface area (Å²) in [6, 6.07) is 2.62. The zero-order valence-corrected chi connectivity index (χ0v) is 25.2. The van der Waals surface area contributed by atoms with Crippen LogP contribution in [0.3, 0.4) is 0 Å². The minimum atomic E-state index is -1.23. The molecule has 1 saturated heterocycles. The van der Waals surface area contributed by atoms with Crippen LogP contribution in [0.2, 0.25) is 0 Å². The number of rotatable bonds is 5. The van der Waals surface area contributed by atoms with Crippen molar-refractivity contribution in [3.8, 4) is 6.07 Å². The Labute approximate surface area is 247 Å². The molecule has 0 aromatic carbocycles. The molecule has 6 aliphatic rings. The molecule has 0 bridgehead atoms. The number of methoxy groups -OCH3 is 1. The third-order valence-corrected chi connectivity index (χ3v) is 12.3. The van der Waals surface area contributed by atoms with Crippen molar-refractivity contribution in [2.24, 2.45) is 28.6 Å². The van der Waals surface area contributed by atoms with Crippen LogP contribution in [0, 0.1) is 39.9 Å². The fourth-order valence-electron chi connectivity index (χ4n) is 10.3. The number of fused-ring (bicyclic) bond motifs is 5. The second-order valence-electron chi connectivity index (χ2n) is 14.0. The first-order valence-electron chi connectivity index (χ1n) is 15.6. The van der Waals surface area contributed by atoms with Crippen molar-refractivity contribution < 1.29 is 43.5 Å². The van der Waals surface area contributed by atoms with Gasteiger partial charge < -0.3 is 33.9 Å². The van der Waals surface area contributed by atoms with Gasteiger partial charge in [-0.3, -0.25) is 4.79 Å². The molecule has 2 N–H and O–H groups in total. The molecular formula is C32H45NO9. The van der Waals surface area contributed by atoms with Gasteiger partial charge >= 0.3 is 11.9 Å². The lowest BCUT2D eigenvalue weighted by molar-refractivity contribution is -0.288. The Morgan fingerprint density at radius 3 is 2.55 bits per heavy atom. The molecular weight excluding hydrogens is 542 g/mol. The van der Waals surface area contributed by atoms with Gasteiger partial charge in [-0.2, -0.15) is 5.26 Å². The second-order valence-corrected chi connectivity index (χ2v) is 14.0. The summed E-state index contributed by atoms with van der Waals surface area (Å²) in [6.45, 7) is 5.64. The topological polar surface area (TPSA) is 145 Å². The second kappa shape index (κ2) is 10.6. The van der Waals surface area contributed by atoms with E-state index in [4.69, 9.17) is 23.7 Å². The zero-order chi connectivity index (χ0) is 30.1. The number of nitrogens with zero attached hydrogens (tertiary/aromatic N) is 1. The fraction of sp³-hybridized carbons (Fsp3) is 0.844. The van der Waals surface area contributed by atoms with Crippen LogP contribution in [0.1, 0.15) is 85.0 Å². The number of hydrogen-bond donors (Lipinski definition) is 2. The van der Waals surface area contributed by atoms with Crippen LogP contribution in [-0.4, -0.2) is 77.8 Å². The molecule has 4 saturated carbocycles. The molecule has 0 amide bonds. The molecule has 232 valence electrons. The molecule has 0 aromatic heterocycles. The van der Waals surface area contributed by atoms with Gasteiger partial charge in [-0.05, 0) is 81.6 Å². The van der Waals surface area contributed by atoms with Crippen LogP contribution in [0.25, 0.3) is 0 Å². The third kappa shape index (κ3) is 4.37. The van der Waals surface area contributed by atoms with Crippen molar-refractivity contribution in [2.75, 3.05) is 13.7 Å². The van der Waals surface area contributed by atoms with E-state index >= 15 is 0 Å². The quantitative estimate of drug-likeness (QED) is 0.363. The highest BCUT2D eigenvalue weighted by Gasteiger charge is 2.72. The van der Waals surface area contributed by atoms with Crippen LogP contribution in [0.15, 0.2) is 11.6 Å². The molecule has 12 atom stereocenters. The lowest BCUT2D eigenvalue weighted by Crippen LogP contribution is -2.68. The number of nitriles is 1. The largest absolute Gasteiger partial charge is 0.458 e. The van der Waals surface area contributed by atoms with Crippen LogP contribution < -0.4 is 0 Å². The predicted octanol–water partition coefficient (Wildman–Crippen LogP) is 3.33. The van der Waals surface area contributed by atoms with Gasteiger partial charge in [-0.1, -0.05) is 6.92 Å². The van der Waals surface area contributed by atoms with E-state index in [1.54, 1.807) is 13.2 Å². The average molecular weight is 588 g/mol. The first-order valence-corrected chi connectivity index (χ1v) is 15.6. The van der Waals surface area contributed by atoms with E-state index in [9.17, 15) is 25.1 Å². The maximum Gasteiger partial charge on any atom is 0.331 e. The highest BCUT2D eigenvalue weighted by Crippen LogP contribution is 2.70. The molecule has 4 aliphatic carbocycles. The maximum atomic E-state index is 12.4. The summed E-state index contributed by atoms with van der Waals surface area (Å²) >= 11 is 0. The van der Waals surface area contributed by atoms with E-state index < -0.39 is 46.5 Å². The monoisotopic (exact) mass is 587 g/mol. The van der Waals surface area contributed by atoms with Crippen LogP contribution in [0.5, 0.6) is 0 Å². The van der Waals surface area contributed by atoms with E-state index in [2.05, 4.69) is 13.0 Å². The summed E-state index contributed by atoms with van der Waals surface area (Å²) in [5.41, 5.74) is -2.59. The number of hydrogen-bond acceptors (Lipinski definition) is 10. The van der Waals surface area contributed by atoms with Crippen LogP contribution >= 0.6 is 0 Å². The molecule has 0 radical (unpaired) electrons. The molecule has 2 aliphatic heterocycles. The van der Waals surface area contributed by atoms with Gasteiger partial charge in [-0.15, -0.1) is 0 Å². The first kappa shape index (κ1) is 30.0. The van der Waals surface area contributed by atoms with E-state index in [1.165, 1.54) is 6.92 Å². The van der Waals surface area contributed by atoms with Crippen molar-refractivity contribution in [3.63, 3.8) is 0 Å². The Balaban J connectivity index is 1.18. The SMILES string of the molecule is CO[C@@H]1C[C@H](O[C@@H]2CC[C@]3(C#N)[C@H]4CC[C@]5(C)[C@H](C6=CC(=O)OC6)CC[C@]5(O)[C@@H]4CC[C@]3(O)C2)O[C@H](C)[C@H]1OC(C)=O. The molecule has 0 aromatic rings. The van der Waals surface area contributed by atoms with Gasteiger partial charge in [0.25, 0.3) is 0 Å². The van der Waals surface area contributed by atoms with E-state index in [1.807, 2.05) is 6.92 Å². The van der Waals surface area contributed by atoms with E-state index in [-0.39, 0.29) is 35.9 Å². The van der Waals surface area contributed by atoms with Crippen molar-refractivity contribution in [1.29, 1.82) is 5.26 Å². The van der Waals surface area contributed by atoms with Crippen molar-refractivity contribution in [2.45, 2.75) is 127 Å². The van der Waals surface area contributed by atoms with Gasteiger partial charge in [0, 0.05) is 38.4 Å². The van der Waals surface area contributed by atoms with Gasteiger partial charge in [0.1, 0.15) is 12.7 Å². The number of carbonyl (C=O) groups is 2. The Morgan fingerprint density at radius 2 is 1.88 bits per heavy atom. The number of ether oxygens (including phenoxy) is 5. The highest BCUT2D eigenvalue weighted by atomic mass is 16.7. The predicted molar refractivity (Wildman–Crippen MR) is 147 cm³/mol. The van der Waals surface area contributed by atoms with Crippen LogP contribution in [0.4, 0.5) is 0 Å². The smallest absolute Gasteiger partial charge is 0.331 e. The highest BCUT2D eigenvalue weighted by molar-refractivity contribution is 5.85.